The van der Waals surface area contributed by atoms with Crippen molar-refractivity contribution in [2.24, 2.45) is 0 Å². The van der Waals surface area contributed by atoms with Crippen LogP contribution in [0.15, 0.2) is 60.7 Å². The Bertz CT molecular complexity index is 565. The molecule has 0 aliphatic heterocycles. The third-order valence-corrected chi connectivity index (χ3v) is 3.75. The first-order valence-corrected chi connectivity index (χ1v) is 7.78. The van der Waals surface area contributed by atoms with Gasteiger partial charge in [-0.05, 0) is 30.8 Å². The summed E-state index contributed by atoms with van der Waals surface area (Å²) in [6.45, 7) is 6.80. The molecule has 0 fully saturated rings. The third-order valence-electron chi connectivity index (χ3n) is 3.75. The summed E-state index contributed by atoms with van der Waals surface area (Å²) in [6.07, 6.45) is -0.256. The van der Waals surface area contributed by atoms with Crippen molar-refractivity contribution in [2.45, 2.75) is 20.0 Å². The van der Waals surface area contributed by atoms with E-state index in [1.165, 1.54) is 0 Å². The largest absolute Gasteiger partial charge is 0.453 e. The van der Waals surface area contributed by atoms with Gasteiger partial charge in [0.05, 0.1) is 5.56 Å². The molecule has 2 rings (SSSR count). The first kappa shape index (κ1) is 16.2. The molecule has 0 aliphatic carbocycles. The molecule has 116 valence electrons. The zero-order valence-electron chi connectivity index (χ0n) is 13.2. The van der Waals surface area contributed by atoms with Crippen LogP contribution in [0.1, 0.15) is 35.9 Å². The van der Waals surface area contributed by atoms with Gasteiger partial charge in [0.25, 0.3) is 0 Å². The molecule has 0 N–H and O–H groups in total. The van der Waals surface area contributed by atoms with Crippen LogP contribution in [0.2, 0.25) is 0 Å². The van der Waals surface area contributed by atoms with Crippen LogP contribution in [0, 0.1) is 0 Å². The minimum Gasteiger partial charge on any atom is -0.453 e. The van der Waals surface area contributed by atoms with Gasteiger partial charge in [-0.2, -0.15) is 0 Å². The molecular weight excluding hydrogens is 274 g/mol. The molecule has 0 aliphatic rings. The molecule has 22 heavy (non-hydrogen) atoms. The summed E-state index contributed by atoms with van der Waals surface area (Å²) in [5.74, 6) is -0.276. The Hall–Kier alpha value is -2.13. The van der Waals surface area contributed by atoms with E-state index < -0.39 is 0 Å². The Kier molecular flexibility index (Phi) is 6.16. The SMILES string of the molecule is CCN(CC)CC(OC(=O)c1ccccc1)c1ccccc1. The van der Waals surface area contributed by atoms with Crippen LogP contribution >= 0.6 is 0 Å². The van der Waals surface area contributed by atoms with E-state index in [9.17, 15) is 4.79 Å². The Morgan fingerprint density at radius 2 is 1.50 bits per heavy atom. The van der Waals surface area contributed by atoms with E-state index in [0.717, 1.165) is 18.7 Å². The predicted molar refractivity (Wildman–Crippen MR) is 88.8 cm³/mol. The van der Waals surface area contributed by atoms with Crippen molar-refractivity contribution in [1.82, 2.24) is 4.90 Å². The maximum atomic E-state index is 12.3. The van der Waals surface area contributed by atoms with Crippen LogP contribution in [0.25, 0.3) is 0 Å². The minimum absolute atomic E-state index is 0.256. The molecule has 0 spiro atoms. The highest BCUT2D eigenvalue weighted by molar-refractivity contribution is 5.89. The van der Waals surface area contributed by atoms with Gasteiger partial charge in [0, 0.05) is 6.54 Å². The average molecular weight is 297 g/mol. The lowest BCUT2D eigenvalue weighted by atomic mass is 10.1. The average Bonchev–Trinajstić information content (AvgIpc) is 2.60. The predicted octanol–water partition coefficient (Wildman–Crippen LogP) is 3.93. The fourth-order valence-electron chi connectivity index (χ4n) is 2.37. The minimum atomic E-state index is -0.276. The highest BCUT2D eigenvalue weighted by atomic mass is 16.5. The number of carbonyl (C=O) groups excluding carboxylic acids is 1. The van der Waals surface area contributed by atoms with Gasteiger partial charge in [-0.3, -0.25) is 4.90 Å². The maximum absolute atomic E-state index is 12.3. The third kappa shape index (κ3) is 4.43. The molecule has 3 heteroatoms. The van der Waals surface area contributed by atoms with Gasteiger partial charge in [0.2, 0.25) is 0 Å². The molecule has 0 amide bonds. The summed E-state index contributed by atoms with van der Waals surface area (Å²) in [7, 11) is 0. The number of benzene rings is 2. The Balaban J connectivity index is 2.16. The van der Waals surface area contributed by atoms with E-state index in [1.807, 2.05) is 48.5 Å². The Morgan fingerprint density at radius 1 is 0.955 bits per heavy atom. The molecule has 2 aromatic rings. The lowest BCUT2D eigenvalue weighted by Crippen LogP contribution is -2.30. The maximum Gasteiger partial charge on any atom is 0.338 e. The highest BCUT2D eigenvalue weighted by Crippen LogP contribution is 2.20. The number of rotatable bonds is 7. The standard InChI is InChI=1S/C19H23NO2/c1-3-20(4-2)15-18(16-11-7-5-8-12-16)22-19(21)17-13-9-6-10-14-17/h5-14,18H,3-4,15H2,1-2H3. The quantitative estimate of drug-likeness (QED) is 0.725. The van der Waals surface area contributed by atoms with Crippen molar-refractivity contribution in [3.8, 4) is 0 Å². The van der Waals surface area contributed by atoms with Crippen molar-refractivity contribution in [3.63, 3.8) is 0 Å². The van der Waals surface area contributed by atoms with Crippen molar-refractivity contribution in [1.29, 1.82) is 0 Å². The van der Waals surface area contributed by atoms with Crippen LogP contribution in [0.3, 0.4) is 0 Å². The summed E-state index contributed by atoms with van der Waals surface area (Å²) < 4.78 is 5.78. The monoisotopic (exact) mass is 297 g/mol. The van der Waals surface area contributed by atoms with Crippen molar-refractivity contribution in [2.75, 3.05) is 19.6 Å². The van der Waals surface area contributed by atoms with Gasteiger partial charge in [-0.15, -0.1) is 0 Å². The van der Waals surface area contributed by atoms with Gasteiger partial charge in [0.15, 0.2) is 0 Å². The first-order valence-electron chi connectivity index (χ1n) is 7.78. The van der Waals surface area contributed by atoms with Crippen molar-refractivity contribution >= 4 is 5.97 Å². The molecule has 3 nitrogen and oxygen atoms in total. The van der Waals surface area contributed by atoms with Crippen LogP contribution in [-0.2, 0) is 4.74 Å². The lowest BCUT2D eigenvalue weighted by Gasteiger charge is -2.25. The Labute approximate surface area is 132 Å². The number of likely N-dealkylation sites (N-methyl/N-ethyl adjacent to an activating group) is 1. The van der Waals surface area contributed by atoms with Gasteiger partial charge in [-0.1, -0.05) is 62.4 Å². The number of ether oxygens (including phenoxy) is 1. The second kappa shape index (κ2) is 8.35. The van der Waals surface area contributed by atoms with E-state index >= 15 is 0 Å². The van der Waals surface area contributed by atoms with Crippen LogP contribution < -0.4 is 0 Å². The summed E-state index contributed by atoms with van der Waals surface area (Å²) in [4.78, 5) is 14.6. The van der Waals surface area contributed by atoms with E-state index in [-0.39, 0.29) is 12.1 Å². The number of nitrogens with zero attached hydrogens (tertiary/aromatic N) is 1. The smallest absolute Gasteiger partial charge is 0.338 e. The lowest BCUT2D eigenvalue weighted by molar-refractivity contribution is 0.0204. The summed E-state index contributed by atoms with van der Waals surface area (Å²) in [5.41, 5.74) is 1.61. The number of esters is 1. The second-order valence-electron chi connectivity index (χ2n) is 5.16. The zero-order valence-corrected chi connectivity index (χ0v) is 13.2. The number of hydrogen-bond donors (Lipinski definition) is 0. The van der Waals surface area contributed by atoms with E-state index in [0.29, 0.717) is 12.1 Å². The number of hydrogen-bond acceptors (Lipinski definition) is 3. The summed E-state index contributed by atoms with van der Waals surface area (Å²) in [6, 6.07) is 19.1. The van der Waals surface area contributed by atoms with Crippen molar-refractivity contribution < 1.29 is 9.53 Å². The van der Waals surface area contributed by atoms with Crippen LogP contribution in [0.5, 0.6) is 0 Å². The van der Waals surface area contributed by atoms with Crippen molar-refractivity contribution in [3.05, 3.63) is 71.8 Å². The van der Waals surface area contributed by atoms with Gasteiger partial charge in [-0.25, -0.2) is 4.79 Å². The number of carbonyl (C=O) groups is 1. The van der Waals surface area contributed by atoms with Gasteiger partial charge >= 0.3 is 5.97 Å². The molecule has 0 aromatic heterocycles. The van der Waals surface area contributed by atoms with Crippen LogP contribution in [-0.4, -0.2) is 30.5 Å². The first-order chi connectivity index (χ1) is 10.7. The normalized spacial score (nSPS) is 12.1. The highest BCUT2D eigenvalue weighted by Gasteiger charge is 2.20. The summed E-state index contributed by atoms with van der Waals surface area (Å²) in [5, 5.41) is 0. The van der Waals surface area contributed by atoms with E-state index in [4.69, 9.17) is 4.74 Å². The molecule has 2 aromatic carbocycles. The molecule has 1 unspecified atom stereocenters. The molecule has 0 saturated heterocycles. The molecule has 0 saturated carbocycles. The molecule has 0 bridgehead atoms. The summed E-state index contributed by atoms with van der Waals surface area (Å²) >= 11 is 0. The molecule has 1 atom stereocenters. The van der Waals surface area contributed by atoms with Gasteiger partial charge < -0.3 is 4.74 Å². The molecular formula is C19H23NO2. The topological polar surface area (TPSA) is 29.5 Å². The fourth-order valence-corrected chi connectivity index (χ4v) is 2.37. The van der Waals surface area contributed by atoms with Gasteiger partial charge in [0.1, 0.15) is 6.10 Å². The van der Waals surface area contributed by atoms with E-state index in [1.54, 1.807) is 12.1 Å². The fraction of sp³-hybridized carbons (Fsp3) is 0.316. The van der Waals surface area contributed by atoms with Crippen LogP contribution in [0.4, 0.5) is 0 Å². The second-order valence-corrected chi connectivity index (χ2v) is 5.16. The molecule has 0 heterocycles. The Morgan fingerprint density at radius 3 is 2.05 bits per heavy atom. The van der Waals surface area contributed by atoms with E-state index in [2.05, 4.69) is 18.7 Å². The molecule has 0 radical (unpaired) electrons. The zero-order chi connectivity index (χ0) is 15.8.